The number of carbonyl (C=O) groups excluding carboxylic acids is 1. The molecule has 0 spiro atoms. The largest absolute Gasteiger partial charge is 0.370 e. The minimum atomic E-state index is -0.565. The van der Waals surface area contributed by atoms with Gasteiger partial charge in [0.25, 0.3) is 5.91 Å². The summed E-state index contributed by atoms with van der Waals surface area (Å²) in [7, 11) is 0. The number of hydrogen-bond donors (Lipinski definition) is 1. The van der Waals surface area contributed by atoms with Gasteiger partial charge in [0.05, 0.1) is 12.3 Å². The van der Waals surface area contributed by atoms with Crippen LogP contribution in [0.1, 0.15) is 0 Å². The summed E-state index contributed by atoms with van der Waals surface area (Å²) in [6.45, 7) is 0.683. The maximum Gasteiger partial charge on any atom is 0.253 e. The maximum atomic E-state index is 13.7. The molecule has 7 heteroatoms. The summed E-state index contributed by atoms with van der Waals surface area (Å²) < 4.78 is 18.7. The maximum absolute atomic E-state index is 13.7. The molecule has 0 unspecified atom stereocenters. The normalized spacial score (nSPS) is 15.6. The van der Waals surface area contributed by atoms with Gasteiger partial charge in [-0.25, -0.2) is 4.39 Å². The number of anilines is 1. The van der Waals surface area contributed by atoms with Crippen molar-refractivity contribution in [3.63, 3.8) is 0 Å². The van der Waals surface area contributed by atoms with E-state index in [4.69, 9.17) is 10.3 Å². The molecule has 17 heavy (non-hydrogen) atoms. The first-order valence-corrected chi connectivity index (χ1v) is 4.97. The van der Waals surface area contributed by atoms with E-state index in [1.54, 1.807) is 0 Å². The van der Waals surface area contributed by atoms with Gasteiger partial charge in [-0.05, 0) is 12.1 Å². The number of hydrogen-bond acceptors (Lipinski definition) is 4. The van der Waals surface area contributed by atoms with Gasteiger partial charge in [0.15, 0.2) is 10.8 Å². The van der Waals surface area contributed by atoms with Crippen LogP contribution in [-0.4, -0.2) is 25.7 Å². The number of morpholine rings is 1. The van der Waals surface area contributed by atoms with Gasteiger partial charge in [0, 0.05) is 12.6 Å². The van der Waals surface area contributed by atoms with Crippen molar-refractivity contribution in [3.8, 4) is 0 Å². The van der Waals surface area contributed by atoms with E-state index in [1.165, 1.54) is 17.0 Å². The number of halogens is 1. The van der Waals surface area contributed by atoms with Crippen molar-refractivity contribution in [2.45, 2.75) is 0 Å². The molecule has 1 aliphatic rings. The molecule has 2 rings (SSSR count). The molecule has 0 aliphatic carbocycles. The number of nitrogens with one attached hydrogen (secondary N) is 1. The average molecular weight is 237 g/mol. The molecule has 0 atom stereocenters. The second kappa shape index (κ2) is 4.82. The van der Waals surface area contributed by atoms with Gasteiger partial charge in [0.1, 0.15) is 18.0 Å². The minimum absolute atomic E-state index is 0.0341. The lowest BCUT2D eigenvalue weighted by atomic mass is 10.2. The van der Waals surface area contributed by atoms with Crippen molar-refractivity contribution in [2.75, 3.05) is 24.7 Å². The number of carbonyl (C=O) groups is 1. The number of nitrogens with zero attached hydrogens (tertiary/aromatic N) is 3. The first-order chi connectivity index (χ1) is 8.22. The molecule has 0 aromatic heterocycles. The van der Waals surface area contributed by atoms with E-state index < -0.39 is 5.82 Å². The van der Waals surface area contributed by atoms with Crippen LogP contribution in [-0.2, 0) is 9.53 Å². The molecule has 1 N–H and O–H groups in total. The predicted octanol–water partition coefficient (Wildman–Crippen LogP) is 1.37. The summed E-state index contributed by atoms with van der Waals surface area (Å²) in [5, 5.41) is 3.40. The smallest absolute Gasteiger partial charge is 0.253 e. The Bertz CT molecular complexity index is 499. The molecular formula is C10H10FN4O2+. The molecule has 1 fully saturated rings. The fourth-order valence-corrected chi connectivity index (χ4v) is 1.61. The number of amides is 1. The van der Waals surface area contributed by atoms with E-state index in [2.05, 4.69) is 10.0 Å². The van der Waals surface area contributed by atoms with Gasteiger partial charge in [-0.1, -0.05) is 0 Å². The van der Waals surface area contributed by atoms with E-state index >= 15 is 0 Å². The lowest BCUT2D eigenvalue weighted by Gasteiger charge is -2.26. The van der Waals surface area contributed by atoms with E-state index in [0.717, 1.165) is 6.07 Å². The summed E-state index contributed by atoms with van der Waals surface area (Å²) in [6, 6.07) is 4.08. The van der Waals surface area contributed by atoms with Crippen LogP contribution in [0.3, 0.4) is 0 Å². The minimum Gasteiger partial charge on any atom is -0.370 e. The molecule has 1 heterocycles. The quantitative estimate of drug-likeness (QED) is 0.622. The topological polar surface area (TPSA) is 79.8 Å². The number of ether oxygens (including phenoxy) is 1. The van der Waals surface area contributed by atoms with E-state index in [1.807, 2.05) is 0 Å². The van der Waals surface area contributed by atoms with E-state index in [-0.39, 0.29) is 23.9 Å². The lowest BCUT2D eigenvalue weighted by molar-refractivity contribution is -0.125. The summed E-state index contributed by atoms with van der Waals surface area (Å²) >= 11 is 0. The third-order valence-electron chi connectivity index (χ3n) is 2.37. The van der Waals surface area contributed by atoms with Crippen molar-refractivity contribution in [1.29, 1.82) is 5.53 Å². The molecule has 1 amide bonds. The second-order valence-corrected chi connectivity index (χ2v) is 3.43. The molecule has 6 nitrogen and oxygen atoms in total. The Kier molecular flexibility index (Phi) is 3.22. The molecule has 1 aromatic rings. The predicted molar refractivity (Wildman–Crippen MR) is 56.5 cm³/mol. The summed E-state index contributed by atoms with van der Waals surface area (Å²) in [6.07, 6.45) is 0. The highest BCUT2D eigenvalue weighted by Gasteiger charge is 2.23. The van der Waals surface area contributed by atoms with Crippen molar-refractivity contribution in [3.05, 3.63) is 24.0 Å². The SMILES string of the molecule is N=[N+]=Nc1ccc(N2CCOCC2=O)c(F)c1. The molecule has 88 valence electrons. The fourth-order valence-electron chi connectivity index (χ4n) is 1.61. The second-order valence-electron chi connectivity index (χ2n) is 3.43. The first kappa shape index (κ1) is 11.4. The third-order valence-corrected chi connectivity index (χ3v) is 2.37. The van der Waals surface area contributed by atoms with Crippen molar-refractivity contribution >= 4 is 17.3 Å². The summed E-state index contributed by atoms with van der Waals surface area (Å²) in [4.78, 5) is 15.7. The van der Waals surface area contributed by atoms with Crippen LogP contribution < -0.4 is 9.81 Å². The number of rotatable bonds is 2. The Morgan fingerprint density at radius 3 is 3.00 bits per heavy atom. The zero-order valence-electron chi connectivity index (χ0n) is 8.89. The van der Waals surface area contributed by atoms with Gasteiger partial charge in [-0.3, -0.25) is 4.79 Å². The standard InChI is InChI=1S/C10H10FN4O2/c11-8-5-7(13-14-12)1-2-9(8)15-3-4-17-6-10(15)16/h1-2,5,12H,3-4,6H2/q+1. The Hall–Kier alpha value is -2.11. The fraction of sp³-hybridized carbons (Fsp3) is 0.300. The molecular weight excluding hydrogens is 227 g/mol. The highest BCUT2D eigenvalue weighted by Crippen LogP contribution is 2.25. The molecule has 1 aliphatic heterocycles. The highest BCUT2D eigenvalue weighted by atomic mass is 19.1. The van der Waals surface area contributed by atoms with Gasteiger partial charge in [0.2, 0.25) is 4.91 Å². The van der Waals surface area contributed by atoms with E-state index in [9.17, 15) is 9.18 Å². The van der Waals surface area contributed by atoms with Gasteiger partial charge in [-0.15, -0.1) is 0 Å². The van der Waals surface area contributed by atoms with Crippen molar-refractivity contribution < 1.29 is 13.9 Å². The van der Waals surface area contributed by atoms with Gasteiger partial charge >= 0.3 is 0 Å². The Morgan fingerprint density at radius 2 is 2.35 bits per heavy atom. The average Bonchev–Trinajstić information content (AvgIpc) is 2.31. The van der Waals surface area contributed by atoms with Gasteiger partial charge < -0.3 is 9.64 Å². The zero-order valence-corrected chi connectivity index (χ0v) is 8.89. The van der Waals surface area contributed by atoms with Crippen molar-refractivity contribution in [1.82, 2.24) is 4.91 Å². The Balaban J connectivity index is 2.32. The molecule has 0 saturated carbocycles. The molecule has 0 bridgehead atoms. The Labute approximate surface area is 96.2 Å². The number of benzene rings is 1. The van der Waals surface area contributed by atoms with Gasteiger partial charge in [-0.2, -0.15) is 0 Å². The molecule has 1 saturated heterocycles. The zero-order chi connectivity index (χ0) is 12.3. The van der Waals surface area contributed by atoms with Crippen LogP contribution in [0.4, 0.5) is 15.8 Å². The first-order valence-electron chi connectivity index (χ1n) is 4.97. The van der Waals surface area contributed by atoms with Crippen LogP contribution >= 0.6 is 0 Å². The monoisotopic (exact) mass is 237 g/mol. The molecule has 0 radical (unpaired) electrons. The van der Waals surface area contributed by atoms with Crippen LogP contribution in [0.2, 0.25) is 0 Å². The van der Waals surface area contributed by atoms with Crippen molar-refractivity contribution in [2.24, 2.45) is 5.11 Å². The third kappa shape index (κ3) is 2.35. The van der Waals surface area contributed by atoms with E-state index in [0.29, 0.717) is 13.2 Å². The van der Waals surface area contributed by atoms with Crippen LogP contribution in [0.25, 0.3) is 0 Å². The summed E-state index contributed by atoms with van der Waals surface area (Å²) in [5.41, 5.74) is 6.98. The van der Waals surface area contributed by atoms with Crippen LogP contribution in [0, 0.1) is 11.3 Å². The van der Waals surface area contributed by atoms with Crippen LogP contribution in [0.15, 0.2) is 23.3 Å². The lowest BCUT2D eigenvalue weighted by Crippen LogP contribution is -2.42. The summed E-state index contributed by atoms with van der Waals surface area (Å²) in [5.74, 6) is -0.838. The van der Waals surface area contributed by atoms with Crippen LogP contribution in [0.5, 0.6) is 0 Å². The Morgan fingerprint density at radius 1 is 1.53 bits per heavy atom. The molecule has 1 aromatic carbocycles. The highest BCUT2D eigenvalue weighted by molar-refractivity contribution is 5.95.